The van der Waals surface area contributed by atoms with Crippen LogP contribution in [0.5, 0.6) is 0 Å². The van der Waals surface area contributed by atoms with Gasteiger partial charge in [0.05, 0.1) is 0 Å². The molecule has 0 saturated heterocycles. The van der Waals surface area contributed by atoms with Crippen molar-refractivity contribution in [2.45, 2.75) is 46.5 Å². The van der Waals surface area contributed by atoms with E-state index in [9.17, 15) is 0 Å². The first kappa shape index (κ1) is 33.3. The van der Waals surface area contributed by atoms with Crippen molar-refractivity contribution < 1.29 is 43.4 Å². The number of halogens is 2. The molecule has 0 aliphatic heterocycles. The molecule has 0 radical (unpaired) electrons. The summed E-state index contributed by atoms with van der Waals surface area (Å²) in [6, 6.07) is 36.5. The Morgan fingerprint density at radius 3 is 1.24 bits per heavy atom. The zero-order valence-corrected chi connectivity index (χ0v) is 31.5. The van der Waals surface area contributed by atoms with E-state index >= 15 is 0 Å². The first-order valence-corrected chi connectivity index (χ1v) is 29.3. The molecule has 0 aromatic heterocycles. The van der Waals surface area contributed by atoms with Crippen molar-refractivity contribution in [3.8, 4) is 22.3 Å². The second kappa shape index (κ2) is 14.0. The van der Waals surface area contributed by atoms with E-state index in [0.717, 1.165) is 0 Å². The van der Waals surface area contributed by atoms with Crippen LogP contribution in [0.1, 0.15) is 57.2 Å². The molecular weight excluding hydrogens is 691 g/mol. The quantitative estimate of drug-likeness (QED) is 0.251. The Morgan fingerprint density at radius 1 is 0.524 bits per heavy atom. The average Bonchev–Trinajstić information content (AvgIpc) is 3.54. The van der Waals surface area contributed by atoms with E-state index in [0.29, 0.717) is 19.1 Å². The molecule has 2 unspecified atom stereocenters. The minimum atomic E-state index is -2.13. The van der Waals surface area contributed by atoms with Crippen LogP contribution in [-0.2, 0) is 18.6 Å². The number of hydrogen-bond donors (Lipinski definition) is 0. The molecule has 4 heteroatoms. The molecule has 0 nitrogen and oxygen atoms in total. The number of fused-ring (bicyclic) bond motifs is 2. The molecule has 0 heterocycles. The van der Waals surface area contributed by atoms with Gasteiger partial charge in [-0.05, 0) is 0 Å². The maximum absolute atomic E-state index is 2.71. The number of hydrogen-bond acceptors (Lipinski definition) is 0. The second-order valence-corrected chi connectivity index (χ2v) is 41.5. The third kappa shape index (κ3) is 6.02. The van der Waals surface area contributed by atoms with Crippen molar-refractivity contribution in [3.63, 3.8) is 0 Å². The van der Waals surface area contributed by atoms with E-state index in [1.54, 1.807) is 22.3 Å². The van der Waals surface area contributed by atoms with Gasteiger partial charge in [-0.1, -0.05) is 0 Å². The van der Waals surface area contributed by atoms with Gasteiger partial charge in [-0.25, -0.2) is 0 Å². The van der Waals surface area contributed by atoms with Gasteiger partial charge in [0.25, 0.3) is 0 Å². The monoisotopic (exact) mass is 730 g/mol. The molecule has 0 bridgehead atoms. The molecule has 4 aromatic carbocycles. The number of rotatable bonds is 6. The van der Waals surface area contributed by atoms with Crippen LogP contribution in [0.15, 0.2) is 108 Å². The fraction of sp³-hybridized carbons (Fsp3) is 0.263. The van der Waals surface area contributed by atoms with Crippen molar-refractivity contribution in [1.82, 2.24) is 0 Å². The Hall–Kier alpha value is -1.63. The van der Waals surface area contributed by atoms with E-state index in [1.165, 1.54) is 33.4 Å². The van der Waals surface area contributed by atoms with Gasteiger partial charge in [-0.3, -0.25) is 0 Å². The summed E-state index contributed by atoms with van der Waals surface area (Å²) in [5, 5.41) is 0. The Balaban J connectivity index is 0.00000202. The molecule has 2 aliphatic rings. The van der Waals surface area contributed by atoms with Crippen molar-refractivity contribution in [2.24, 2.45) is 11.8 Å². The van der Waals surface area contributed by atoms with Crippen LogP contribution in [0.4, 0.5) is 0 Å². The summed E-state index contributed by atoms with van der Waals surface area (Å²) in [6.45, 7) is 9.75. The van der Waals surface area contributed by atoms with Crippen LogP contribution < -0.4 is 24.8 Å². The van der Waals surface area contributed by atoms with E-state index in [4.69, 9.17) is 0 Å². The van der Waals surface area contributed by atoms with Gasteiger partial charge >= 0.3 is 252 Å². The molecule has 0 spiro atoms. The molecule has 2 aliphatic carbocycles. The van der Waals surface area contributed by atoms with Crippen LogP contribution in [0.25, 0.3) is 34.4 Å². The summed E-state index contributed by atoms with van der Waals surface area (Å²) in [5.74, 6) is 6.56. The molecule has 0 N–H and O–H groups in total. The smallest absolute Gasteiger partial charge is 1.00 e. The fourth-order valence-corrected chi connectivity index (χ4v) is 39.7. The second-order valence-electron chi connectivity index (χ2n) is 12.3. The third-order valence-corrected chi connectivity index (χ3v) is 39.5. The predicted octanol–water partition coefficient (Wildman–Crippen LogP) is 4.79. The molecule has 0 fully saturated rings. The zero-order chi connectivity index (χ0) is 28.0. The van der Waals surface area contributed by atoms with E-state index in [-0.39, 0.29) is 24.8 Å². The van der Waals surface area contributed by atoms with E-state index < -0.39 is 28.6 Å². The Labute approximate surface area is 274 Å². The molecule has 2 atom stereocenters. The Kier molecular flexibility index (Phi) is 11.1. The summed E-state index contributed by atoms with van der Waals surface area (Å²) in [6.07, 6.45) is 5.26. The topological polar surface area (TPSA) is 0 Å². The van der Waals surface area contributed by atoms with Gasteiger partial charge in [-0.2, -0.15) is 0 Å². The summed E-state index contributed by atoms with van der Waals surface area (Å²) in [4.78, 5) is 0. The van der Waals surface area contributed by atoms with Crippen molar-refractivity contribution >= 4 is 22.1 Å². The molecule has 6 rings (SSSR count). The predicted molar refractivity (Wildman–Crippen MR) is 172 cm³/mol. The van der Waals surface area contributed by atoms with Crippen LogP contribution in [0.2, 0.25) is 11.5 Å². The standard InChI is InChI=1S/2C18H17.C2H6Ge.2ClH.Zr/c2*1-13(2)16-11-15-9-6-10-17(18(15)12-16)14-7-4-3-5-8-14;1-3-2;;;/h2*3-13H,1-2H3;1-2H3;2*1H;/q;;;;;+2/p-2. The number of allylic oxidation sites excluding steroid dienone is 2. The molecule has 214 valence electrons. The zero-order valence-electron chi connectivity index (χ0n) is 25.5. The van der Waals surface area contributed by atoms with Crippen LogP contribution in [0.3, 0.4) is 0 Å². The molecule has 0 saturated carbocycles. The van der Waals surface area contributed by atoms with Gasteiger partial charge in [0, 0.05) is 0 Å². The first-order chi connectivity index (χ1) is 19.4. The fourth-order valence-electron chi connectivity index (χ4n) is 7.03. The first-order valence-electron chi connectivity index (χ1n) is 14.8. The SMILES string of the molecule is CC(C)C1=Cc2c(-c3ccccc3)cccc2[CH]1[Zr+2]([CH]1C(C(C)C)=Cc2c(-c3ccccc3)cccc21)=[Ge]([CH3])[CH3].[Cl-].[Cl-]. The number of benzene rings is 4. The Bertz CT molecular complexity index is 1540. The maximum atomic E-state index is 2.71. The molecule has 42 heavy (non-hydrogen) atoms. The van der Waals surface area contributed by atoms with Gasteiger partial charge in [0.15, 0.2) is 0 Å². The van der Waals surface area contributed by atoms with Crippen molar-refractivity contribution in [2.75, 3.05) is 0 Å². The van der Waals surface area contributed by atoms with Crippen molar-refractivity contribution in [1.29, 1.82) is 0 Å². The van der Waals surface area contributed by atoms with E-state index in [2.05, 4.69) is 148 Å². The van der Waals surface area contributed by atoms with Gasteiger partial charge in [0.2, 0.25) is 0 Å². The average molecular weight is 731 g/mol. The molecule has 0 amide bonds. The van der Waals surface area contributed by atoms with Gasteiger partial charge < -0.3 is 24.8 Å². The molecule has 4 aromatic rings. The summed E-state index contributed by atoms with van der Waals surface area (Å²) < 4.78 is 1.34. The third-order valence-electron chi connectivity index (χ3n) is 8.89. The summed E-state index contributed by atoms with van der Waals surface area (Å²) in [7, 11) is -1.26. The van der Waals surface area contributed by atoms with Crippen molar-refractivity contribution in [3.05, 3.63) is 130 Å². The van der Waals surface area contributed by atoms with E-state index in [1.807, 2.05) is 0 Å². The van der Waals surface area contributed by atoms with Crippen LogP contribution in [0, 0.1) is 11.8 Å². The van der Waals surface area contributed by atoms with Gasteiger partial charge in [-0.15, -0.1) is 0 Å². The largest absolute Gasteiger partial charge is 1.00 e. The van der Waals surface area contributed by atoms with Crippen LogP contribution in [-0.4, -0.2) is 9.98 Å². The summed E-state index contributed by atoms with van der Waals surface area (Å²) >= 11 is -2.13. The molecular formula is C38H40Cl2GeZr. The van der Waals surface area contributed by atoms with Crippen LogP contribution >= 0.6 is 0 Å². The Morgan fingerprint density at radius 2 is 0.905 bits per heavy atom. The minimum Gasteiger partial charge on any atom is -1.00 e. The maximum Gasteiger partial charge on any atom is -1.00 e. The van der Waals surface area contributed by atoms with Gasteiger partial charge in [0.1, 0.15) is 0 Å². The summed E-state index contributed by atoms with van der Waals surface area (Å²) in [5.41, 5.74) is 15.2. The minimum absolute atomic E-state index is 0. The normalized spacial score (nSPS) is 16.5.